The van der Waals surface area contributed by atoms with Crippen LogP contribution in [-0.2, 0) is 16.6 Å². The van der Waals surface area contributed by atoms with Crippen LogP contribution in [0.25, 0.3) is 0 Å². The molecule has 0 aliphatic rings. The first-order valence-corrected chi connectivity index (χ1v) is 11.2. The molecule has 0 aliphatic heterocycles. The molecule has 0 spiro atoms. The molecule has 172 valence electrons. The molecule has 0 radical (unpaired) electrons. The summed E-state index contributed by atoms with van der Waals surface area (Å²) in [5, 5.41) is 6.45. The number of para-hydroxylation sites is 2. The van der Waals surface area contributed by atoms with E-state index in [1.165, 1.54) is 7.05 Å². The second kappa shape index (κ2) is 13.4. The first-order chi connectivity index (χ1) is 14.4. The van der Waals surface area contributed by atoms with E-state index < -0.39 is 10.0 Å². The lowest BCUT2D eigenvalue weighted by Crippen LogP contribution is -2.41. The minimum absolute atomic E-state index is 0. The quantitative estimate of drug-likeness (QED) is 0.234. The van der Waals surface area contributed by atoms with E-state index in [1.54, 1.807) is 31.4 Å². The summed E-state index contributed by atoms with van der Waals surface area (Å²) in [5.41, 5.74) is 0.903. The normalized spacial score (nSPS) is 12.5. The topological polar surface area (TPSA) is 101 Å². The van der Waals surface area contributed by atoms with Gasteiger partial charge < -0.3 is 20.1 Å². The van der Waals surface area contributed by atoms with Crippen LogP contribution in [0.2, 0.25) is 0 Å². The van der Waals surface area contributed by atoms with E-state index in [0.29, 0.717) is 37.1 Å². The summed E-state index contributed by atoms with van der Waals surface area (Å²) in [6.45, 7) is 5.63. The van der Waals surface area contributed by atoms with Crippen molar-refractivity contribution in [2.75, 3.05) is 27.2 Å². The highest BCUT2D eigenvalue weighted by Gasteiger charge is 2.11. The Labute approximate surface area is 201 Å². The maximum Gasteiger partial charge on any atom is 0.240 e. The zero-order valence-corrected chi connectivity index (χ0v) is 21.4. The number of halogens is 1. The molecule has 1 atom stereocenters. The smallest absolute Gasteiger partial charge is 0.240 e. The van der Waals surface area contributed by atoms with Gasteiger partial charge in [-0.05, 0) is 50.7 Å². The highest BCUT2D eigenvalue weighted by molar-refractivity contribution is 14.0. The predicted molar refractivity (Wildman–Crippen MR) is 134 cm³/mol. The summed E-state index contributed by atoms with van der Waals surface area (Å²) in [6, 6.07) is 14.2. The minimum atomic E-state index is -3.44. The fourth-order valence-electron chi connectivity index (χ4n) is 2.62. The second-order valence-electron chi connectivity index (χ2n) is 6.51. The number of nitrogens with zero attached hydrogens (tertiary/aromatic N) is 1. The van der Waals surface area contributed by atoms with Crippen molar-refractivity contribution in [2.45, 2.75) is 31.4 Å². The third-order valence-electron chi connectivity index (χ3n) is 4.22. The van der Waals surface area contributed by atoms with Crippen molar-refractivity contribution in [3.63, 3.8) is 0 Å². The molecule has 31 heavy (non-hydrogen) atoms. The minimum Gasteiger partial charge on any atom is -0.493 e. The molecule has 2 rings (SSSR count). The van der Waals surface area contributed by atoms with Crippen molar-refractivity contribution in [3.05, 3.63) is 54.1 Å². The summed E-state index contributed by atoms with van der Waals surface area (Å²) in [5.74, 6) is 2.03. The molecule has 0 amide bonds. The Morgan fingerprint density at radius 2 is 1.71 bits per heavy atom. The number of rotatable bonds is 10. The molecule has 1 unspecified atom stereocenters. The van der Waals surface area contributed by atoms with Gasteiger partial charge in [0.1, 0.15) is 6.10 Å². The first kappa shape index (κ1) is 27.0. The van der Waals surface area contributed by atoms with Crippen molar-refractivity contribution < 1.29 is 17.9 Å². The van der Waals surface area contributed by atoms with E-state index >= 15 is 0 Å². The van der Waals surface area contributed by atoms with Gasteiger partial charge in [0.05, 0.1) is 25.1 Å². The maximum atomic E-state index is 11.8. The summed E-state index contributed by atoms with van der Waals surface area (Å²) < 4.78 is 37.2. The van der Waals surface area contributed by atoms with Gasteiger partial charge in [-0.2, -0.15) is 0 Å². The second-order valence-corrected chi connectivity index (χ2v) is 8.39. The SMILES string of the molecule is CCNC(=NCc1ccc(S(=O)(=O)NC)cc1)NCC(C)Oc1ccccc1OC.I. The summed E-state index contributed by atoms with van der Waals surface area (Å²) in [4.78, 5) is 4.78. The molecule has 0 saturated heterocycles. The van der Waals surface area contributed by atoms with Gasteiger partial charge in [0, 0.05) is 6.54 Å². The Morgan fingerprint density at radius 1 is 1.06 bits per heavy atom. The van der Waals surface area contributed by atoms with E-state index in [1.807, 2.05) is 38.1 Å². The molecule has 0 aliphatic carbocycles. The fraction of sp³-hybridized carbons (Fsp3) is 0.381. The van der Waals surface area contributed by atoms with E-state index in [9.17, 15) is 8.42 Å². The van der Waals surface area contributed by atoms with Crippen LogP contribution in [0.4, 0.5) is 0 Å². The molecule has 2 aromatic rings. The van der Waals surface area contributed by atoms with Crippen molar-refractivity contribution >= 4 is 40.0 Å². The molecule has 0 bridgehead atoms. The molecular weight excluding hydrogens is 531 g/mol. The monoisotopic (exact) mass is 562 g/mol. The number of ether oxygens (including phenoxy) is 2. The van der Waals surface area contributed by atoms with Crippen LogP contribution in [0, 0.1) is 0 Å². The molecule has 0 fully saturated rings. The zero-order chi connectivity index (χ0) is 22.0. The third-order valence-corrected chi connectivity index (χ3v) is 5.65. The van der Waals surface area contributed by atoms with Gasteiger partial charge >= 0.3 is 0 Å². The highest BCUT2D eigenvalue weighted by Crippen LogP contribution is 2.26. The summed E-state index contributed by atoms with van der Waals surface area (Å²) in [6.07, 6.45) is -0.115. The zero-order valence-electron chi connectivity index (χ0n) is 18.2. The molecule has 2 aromatic carbocycles. The van der Waals surface area contributed by atoms with E-state index in [0.717, 1.165) is 5.56 Å². The number of benzene rings is 2. The van der Waals surface area contributed by atoms with Gasteiger partial charge in [0.15, 0.2) is 17.5 Å². The average molecular weight is 562 g/mol. The maximum absolute atomic E-state index is 11.8. The van der Waals surface area contributed by atoms with Gasteiger partial charge in [-0.3, -0.25) is 0 Å². The van der Waals surface area contributed by atoms with Gasteiger partial charge in [-0.25, -0.2) is 18.1 Å². The van der Waals surface area contributed by atoms with Crippen molar-refractivity contribution in [3.8, 4) is 11.5 Å². The van der Waals surface area contributed by atoms with Gasteiger partial charge in [0.25, 0.3) is 0 Å². The van der Waals surface area contributed by atoms with Crippen molar-refractivity contribution in [1.29, 1.82) is 0 Å². The number of guanidine groups is 1. The van der Waals surface area contributed by atoms with E-state index in [-0.39, 0.29) is 35.0 Å². The number of hydrogen-bond acceptors (Lipinski definition) is 5. The largest absolute Gasteiger partial charge is 0.493 e. The Morgan fingerprint density at radius 3 is 2.29 bits per heavy atom. The molecule has 0 saturated carbocycles. The first-order valence-electron chi connectivity index (χ1n) is 9.74. The van der Waals surface area contributed by atoms with Gasteiger partial charge in [-0.15, -0.1) is 24.0 Å². The van der Waals surface area contributed by atoms with Crippen LogP contribution in [0.15, 0.2) is 58.4 Å². The van der Waals surface area contributed by atoms with Crippen molar-refractivity contribution in [1.82, 2.24) is 15.4 Å². The molecular formula is C21H31IN4O4S. The Kier molecular flexibility index (Phi) is 11.6. The molecule has 0 heterocycles. The molecule has 10 heteroatoms. The Hall–Kier alpha value is -2.05. The number of methoxy groups -OCH3 is 1. The third kappa shape index (κ3) is 8.54. The Balaban J connectivity index is 0.00000480. The molecule has 0 aromatic heterocycles. The van der Waals surface area contributed by atoms with Crippen molar-refractivity contribution in [2.24, 2.45) is 4.99 Å². The molecule has 3 N–H and O–H groups in total. The van der Waals surface area contributed by atoms with Crippen LogP contribution >= 0.6 is 24.0 Å². The Bertz CT molecular complexity index is 937. The van der Waals surface area contributed by atoms with Crippen LogP contribution in [0.5, 0.6) is 11.5 Å². The standard InChI is InChI=1S/C21H30N4O4S.HI/c1-5-23-21(24-14-16(2)29-20-9-7-6-8-19(20)28-4)25-15-17-10-12-18(13-11-17)30(26,27)22-3;/h6-13,16,22H,5,14-15H2,1-4H3,(H2,23,24,25);1H. The van der Waals surface area contributed by atoms with Gasteiger partial charge in [-0.1, -0.05) is 24.3 Å². The summed E-state index contributed by atoms with van der Waals surface area (Å²) in [7, 11) is -0.435. The fourth-order valence-corrected chi connectivity index (χ4v) is 3.35. The van der Waals surface area contributed by atoms with Gasteiger partial charge in [0.2, 0.25) is 10.0 Å². The van der Waals surface area contributed by atoms with Crippen LogP contribution in [-0.4, -0.2) is 47.7 Å². The number of sulfonamides is 1. The number of hydrogen-bond donors (Lipinski definition) is 3. The average Bonchev–Trinajstić information content (AvgIpc) is 2.76. The lowest BCUT2D eigenvalue weighted by molar-refractivity contribution is 0.213. The number of aliphatic imine (C=N–C) groups is 1. The van der Waals surface area contributed by atoms with E-state index in [2.05, 4.69) is 20.3 Å². The highest BCUT2D eigenvalue weighted by atomic mass is 127. The summed E-state index contributed by atoms with van der Waals surface area (Å²) >= 11 is 0. The lowest BCUT2D eigenvalue weighted by Gasteiger charge is -2.19. The van der Waals surface area contributed by atoms with Crippen LogP contribution in [0.1, 0.15) is 19.4 Å². The van der Waals surface area contributed by atoms with E-state index in [4.69, 9.17) is 9.47 Å². The lowest BCUT2D eigenvalue weighted by atomic mass is 10.2. The predicted octanol–water partition coefficient (Wildman–Crippen LogP) is 2.74. The number of nitrogens with one attached hydrogen (secondary N) is 3. The molecule has 8 nitrogen and oxygen atoms in total. The van der Waals surface area contributed by atoms with Crippen LogP contribution < -0.4 is 24.8 Å². The van der Waals surface area contributed by atoms with Crippen LogP contribution in [0.3, 0.4) is 0 Å².